The number of ether oxygens (including phenoxy) is 1. The van der Waals surface area contributed by atoms with Gasteiger partial charge in [-0.15, -0.1) is 0 Å². The minimum atomic E-state index is -0.316. The summed E-state index contributed by atoms with van der Waals surface area (Å²) in [5.74, 6) is -0.316. The lowest BCUT2D eigenvalue weighted by atomic mass is 10.1. The van der Waals surface area contributed by atoms with Gasteiger partial charge in [0.2, 0.25) is 0 Å². The molecule has 1 aromatic heterocycles. The lowest BCUT2D eigenvalue weighted by Gasteiger charge is -2.00. The first-order valence-electron chi connectivity index (χ1n) is 4.53. The molecule has 1 atom stereocenters. The highest BCUT2D eigenvalue weighted by molar-refractivity contribution is 5.87. The molecule has 0 amide bonds. The van der Waals surface area contributed by atoms with Gasteiger partial charge in [0.15, 0.2) is 0 Å². The molecular weight excluding hydrogens is 180 g/mol. The van der Waals surface area contributed by atoms with Crippen LogP contribution in [0.2, 0.25) is 0 Å². The van der Waals surface area contributed by atoms with E-state index in [-0.39, 0.29) is 12.0 Å². The number of carbonyl (C=O) groups excluding carboxylic acids is 1. The van der Waals surface area contributed by atoms with Gasteiger partial charge in [0.1, 0.15) is 5.69 Å². The molecule has 0 spiro atoms. The molecule has 78 valence electrons. The molecule has 0 aromatic carbocycles. The van der Waals surface area contributed by atoms with Gasteiger partial charge in [0.05, 0.1) is 7.11 Å². The minimum Gasteiger partial charge on any atom is -0.464 e. The van der Waals surface area contributed by atoms with Crippen molar-refractivity contribution in [2.75, 3.05) is 7.11 Å². The zero-order valence-corrected chi connectivity index (χ0v) is 8.78. The van der Waals surface area contributed by atoms with E-state index < -0.39 is 0 Å². The fourth-order valence-corrected chi connectivity index (χ4v) is 1.42. The van der Waals surface area contributed by atoms with Crippen molar-refractivity contribution in [3.8, 4) is 0 Å². The van der Waals surface area contributed by atoms with E-state index in [0.29, 0.717) is 5.69 Å². The van der Waals surface area contributed by atoms with Crippen molar-refractivity contribution < 1.29 is 9.53 Å². The third kappa shape index (κ3) is 2.35. The summed E-state index contributed by atoms with van der Waals surface area (Å²) < 4.78 is 6.40. The predicted octanol–water partition coefficient (Wildman–Crippen LogP) is 0.701. The van der Waals surface area contributed by atoms with Crippen molar-refractivity contribution in [2.45, 2.75) is 19.4 Å². The predicted molar refractivity (Wildman–Crippen MR) is 54.1 cm³/mol. The van der Waals surface area contributed by atoms with Crippen molar-refractivity contribution >= 4 is 5.97 Å². The molecule has 1 rings (SSSR count). The van der Waals surface area contributed by atoms with E-state index in [4.69, 9.17) is 5.73 Å². The number of nitrogens with zero attached hydrogens (tertiary/aromatic N) is 1. The van der Waals surface area contributed by atoms with Crippen LogP contribution in [-0.4, -0.2) is 23.7 Å². The fraction of sp³-hybridized carbons (Fsp3) is 0.500. The van der Waals surface area contributed by atoms with E-state index in [9.17, 15) is 4.79 Å². The summed E-state index contributed by atoms with van der Waals surface area (Å²) in [6, 6.07) is 1.91. The molecule has 0 unspecified atom stereocenters. The summed E-state index contributed by atoms with van der Waals surface area (Å²) in [6.07, 6.45) is 2.67. The molecule has 0 aliphatic heterocycles. The zero-order valence-electron chi connectivity index (χ0n) is 8.78. The molecular formula is C10H16N2O2. The number of esters is 1. The Hall–Kier alpha value is -1.29. The number of hydrogen-bond donors (Lipinski definition) is 1. The Morgan fingerprint density at radius 3 is 2.86 bits per heavy atom. The summed E-state index contributed by atoms with van der Waals surface area (Å²) in [5, 5.41) is 0. The van der Waals surface area contributed by atoms with Crippen molar-refractivity contribution in [3.05, 3.63) is 23.5 Å². The summed E-state index contributed by atoms with van der Waals surface area (Å²) in [4.78, 5) is 11.3. The van der Waals surface area contributed by atoms with Crippen molar-refractivity contribution in [1.29, 1.82) is 0 Å². The van der Waals surface area contributed by atoms with Gasteiger partial charge >= 0.3 is 5.97 Å². The lowest BCUT2D eigenvalue weighted by molar-refractivity contribution is 0.0590. The molecule has 14 heavy (non-hydrogen) atoms. The van der Waals surface area contributed by atoms with Crippen LogP contribution in [-0.2, 0) is 18.2 Å². The van der Waals surface area contributed by atoms with Crippen LogP contribution < -0.4 is 5.73 Å². The van der Waals surface area contributed by atoms with Crippen molar-refractivity contribution in [1.82, 2.24) is 4.57 Å². The van der Waals surface area contributed by atoms with Gasteiger partial charge in [0.25, 0.3) is 0 Å². The highest BCUT2D eigenvalue weighted by Gasteiger charge is 2.12. The number of aryl methyl sites for hydroxylation is 1. The average molecular weight is 196 g/mol. The van der Waals surface area contributed by atoms with Crippen molar-refractivity contribution in [2.24, 2.45) is 12.8 Å². The average Bonchev–Trinajstić information content (AvgIpc) is 2.44. The molecule has 0 aliphatic rings. The number of hydrogen-bond acceptors (Lipinski definition) is 3. The Balaban J connectivity index is 2.87. The third-order valence-electron chi connectivity index (χ3n) is 2.01. The molecule has 2 N–H and O–H groups in total. The van der Waals surface area contributed by atoms with Crippen LogP contribution >= 0.6 is 0 Å². The topological polar surface area (TPSA) is 57.2 Å². The van der Waals surface area contributed by atoms with Crippen LogP contribution in [0.1, 0.15) is 23.0 Å². The van der Waals surface area contributed by atoms with Gasteiger partial charge < -0.3 is 15.0 Å². The molecule has 0 fully saturated rings. The maximum absolute atomic E-state index is 11.3. The van der Waals surface area contributed by atoms with E-state index in [1.165, 1.54) is 7.11 Å². The fourth-order valence-electron chi connectivity index (χ4n) is 1.42. The first-order valence-corrected chi connectivity index (χ1v) is 4.53. The zero-order chi connectivity index (χ0) is 10.7. The lowest BCUT2D eigenvalue weighted by Crippen LogP contribution is -2.17. The number of nitrogens with two attached hydrogens (primary N) is 1. The van der Waals surface area contributed by atoms with Gasteiger partial charge in [-0.25, -0.2) is 4.79 Å². The van der Waals surface area contributed by atoms with Gasteiger partial charge in [-0.05, 0) is 25.0 Å². The second kappa shape index (κ2) is 4.28. The van der Waals surface area contributed by atoms with Crippen LogP contribution in [0, 0.1) is 0 Å². The monoisotopic (exact) mass is 196 g/mol. The normalized spacial score (nSPS) is 12.6. The Labute approximate surface area is 83.7 Å². The number of aromatic nitrogens is 1. The van der Waals surface area contributed by atoms with Crippen LogP contribution in [0.25, 0.3) is 0 Å². The smallest absolute Gasteiger partial charge is 0.354 e. The Morgan fingerprint density at radius 2 is 2.36 bits per heavy atom. The Morgan fingerprint density at radius 1 is 1.71 bits per heavy atom. The van der Waals surface area contributed by atoms with Crippen LogP contribution in [0.4, 0.5) is 0 Å². The van der Waals surface area contributed by atoms with Crippen LogP contribution in [0.15, 0.2) is 12.3 Å². The standard InChI is InChI=1S/C10H16N2O2/c1-7(11)4-8-5-9(10(13)14-3)12(2)6-8/h5-7H,4,11H2,1-3H3/t7-/m1/s1. The second-order valence-electron chi connectivity index (χ2n) is 3.52. The molecule has 4 nitrogen and oxygen atoms in total. The third-order valence-corrected chi connectivity index (χ3v) is 2.01. The summed E-state index contributed by atoms with van der Waals surface area (Å²) in [5.41, 5.74) is 7.28. The molecule has 1 aromatic rings. The minimum absolute atomic E-state index is 0.0999. The summed E-state index contributed by atoms with van der Waals surface area (Å²) in [7, 11) is 3.19. The highest BCUT2D eigenvalue weighted by Crippen LogP contribution is 2.10. The maximum atomic E-state index is 11.3. The van der Waals surface area contributed by atoms with Gasteiger partial charge in [-0.3, -0.25) is 0 Å². The summed E-state index contributed by atoms with van der Waals surface area (Å²) >= 11 is 0. The Kier molecular flexibility index (Phi) is 3.30. The maximum Gasteiger partial charge on any atom is 0.354 e. The van der Waals surface area contributed by atoms with E-state index in [0.717, 1.165) is 12.0 Å². The quantitative estimate of drug-likeness (QED) is 0.724. The largest absolute Gasteiger partial charge is 0.464 e. The summed E-state index contributed by atoms with van der Waals surface area (Å²) in [6.45, 7) is 1.94. The SMILES string of the molecule is COC(=O)c1cc(C[C@@H](C)N)cn1C. The first-order chi connectivity index (χ1) is 6.54. The van der Waals surface area contributed by atoms with Crippen LogP contribution in [0.5, 0.6) is 0 Å². The molecule has 0 saturated heterocycles. The van der Waals surface area contributed by atoms with Gasteiger partial charge in [-0.2, -0.15) is 0 Å². The number of rotatable bonds is 3. The van der Waals surface area contributed by atoms with Gasteiger partial charge in [0, 0.05) is 19.3 Å². The van der Waals surface area contributed by atoms with E-state index in [1.807, 2.05) is 26.2 Å². The Bertz CT molecular complexity index is 329. The molecule has 0 radical (unpaired) electrons. The second-order valence-corrected chi connectivity index (χ2v) is 3.52. The van der Waals surface area contributed by atoms with Crippen LogP contribution in [0.3, 0.4) is 0 Å². The molecule has 0 bridgehead atoms. The molecule has 4 heteroatoms. The highest BCUT2D eigenvalue weighted by atomic mass is 16.5. The number of carbonyl (C=O) groups is 1. The van der Waals surface area contributed by atoms with Crippen molar-refractivity contribution in [3.63, 3.8) is 0 Å². The first kappa shape index (κ1) is 10.8. The van der Waals surface area contributed by atoms with E-state index in [1.54, 1.807) is 4.57 Å². The van der Waals surface area contributed by atoms with Gasteiger partial charge in [-0.1, -0.05) is 0 Å². The van der Waals surface area contributed by atoms with E-state index >= 15 is 0 Å². The molecule has 0 saturated carbocycles. The molecule has 0 aliphatic carbocycles. The number of methoxy groups -OCH3 is 1. The van der Waals surface area contributed by atoms with E-state index in [2.05, 4.69) is 4.74 Å². The molecule has 1 heterocycles.